The van der Waals surface area contributed by atoms with Crippen molar-refractivity contribution in [1.29, 1.82) is 0 Å². The maximum Gasteiger partial charge on any atom is 0.0752 e. The topological polar surface area (TPSA) is 9.23 Å². The molecule has 0 aromatic heterocycles. The van der Waals surface area contributed by atoms with Gasteiger partial charge in [-0.15, -0.1) is 0 Å². The largest absolute Gasteiger partial charge is 0.377 e. The van der Waals surface area contributed by atoms with Crippen molar-refractivity contribution in [2.75, 3.05) is 7.11 Å². The molecule has 0 aliphatic heterocycles. The lowest BCUT2D eigenvalue weighted by Crippen LogP contribution is -2.05. The lowest BCUT2D eigenvalue weighted by atomic mass is 10.1. The molecule has 0 unspecified atom stereocenters. The molecule has 0 aromatic rings. The first-order valence-corrected chi connectivity index (χ1v) is 5.54. The summed E-state index contributed by atoms with van der Waals surface area (Å²) in [6.07, 6.45) is 12.3. The standard InChI is InChI=1S/C12H24O/c1-4-6-8-9-11-12(13-3)10-7-5-2/h9,11-12H,4-8,10H2,1-3H3/b11-9+/t12-/m1/s1. The third kappa shape index (κ3) is 8.04. The Morgan fingerprint density at radius 3 is 2.38 bits per heavy atom. The van der Waals surface area contributed by atoms with Crippen molar-refractivity contribution in [3.05, 3.63) is 12.2 Å². The number of rotatable bonds is 8. The van der Waals surface area contributed by atoms with E-state index in [0.717, 1.165) is 6.42 Å². The van der Waals surface area contributed by atoms with Crippen LogP contribution in [0.4, 0.5) is 0 Å². The summed E-state index contributed by atoms with van der Waals surface area (Å²) >= 11 is 0. The number of unbranched alkanes of at least 4 members (excludes halogenated alkanes) is 3. The van der Waals surface area contributed by atoms with Crippen molar-refractivity contribution in [2.45, 2.75) is 58.5 Å². The molecule has 1 atom stereocenters. The Morgan fingerprint density at radius 2 is 1.85 bits per heavy atom. The second-order valence-corrected chi connectivity index (χ2v) is 3.49. The van der Waals surface area contributed by atoms with E-state index in [1.165, 1.54) is 32.1 Å². The van der Waals surface area contributed by atoms with E-state index in [9.17, 15) is 0 Å². The molecular formula is C12H24O. The van der Waals surface area contributed by atoms with Gasteiger partial charge in [0.2, 0.25) is 0 Å². The first kappa shape index (κ1) is 12.7. The van der Waals surface area contributed by atoms with Gasteiger partial charge in [-0.3, -0.25) is 0 Å². The third-order valence-corrected chi connectivity index (χ3v) is 2.22. The maximum absolute atomic E-state index is 5.35. The van der Waals surface area contributed by atoms with Gasteiger partial charge >= 0.3 is 0 Å². The van der Waals surface area contributed by atoms with Gasteiger partial charge in [-0.25, -0.2) is 0 Å². The van der Waals surface area contributed by atoms with E-state index in [4.69, 9.17) is 4.74 Å². The van der Waals surface area contributed by atoms with Crippen molar-refractivity contribution in [3.63, 3.8) is 0 Å². The average molecular weight is 184 g/mol. The molecule has 0 saturated carbocycles. The quantitative estimate of drug-likeness (QED) is 0.410. The van der Waals surface area contributed by atoms with Crippen molar-refractivity contribution in [3.8, 4) is 0 Å². The molecule has 0 N–H and O–H groups in total. The van der Waals surface area contributed by atoms with Crippen LogP contribution < -0.4 is 0 Å². The summed E-state index contributed by atoms with van der Waals surface area (Å²) in [5, 5.41) is 0. The summed E-state index contributed by atoms with van der Waals surface area (Å²) < 4.78 is 5.35. The molecule has 0 amide bonds. The van der Waals surface area contributed by atoms with E-state index in [-0.39, 0.29) is 0 Å². The molecule has 0 heterocycles. The Labute approximate surface area is 83.2 Å². The molecule has 0 radical (unpaired) electrons. The summed E-state index contributed by atoms with van der Waals surface area (Å²) in [6.45, 7) is 4.44. The number of hydrogen-bond acceptors (Lipinski definition) is 1. The third-order valence-electron chi connectivity index (χ3n) is 2.22. The zero-order valence-corrected chi connectivity index (χ0v) is 9.38. The van der Waals surface area contributed by atoms with Crippen molar-refractivity contribution in [2.24, 2.45) is 0 Å². The molecule has 0 aliphatic carbocycles. The molecule has 0 fully saturated rings. The van der Waals surface area contributed by atoms with Gasteiger partial charge in [-0.1, -0.05) is 51.7 Å². The molecule has 0 aliphatic rings. The number of hydrogen-bond donors (Lipinski definition) is 0. The predicted molar refractivity (Wildman–Crippen MR) is 59.0 cm³/mol. The van der Waals surface area contributed by atoms with E-state index < -0.39 is 0 Å². The van der Waals surface area contributed by atoms with E-state index >= 15 is 0 Å². The summed E-state index contributed by atoms with van der Waals surface area (Å²) in [5.41, 5.74) is 0. The number of ether oxygens (including phenoxy) is 1. The molecule has 1 heteroatoms. The molecule has 0 aromatic carbocycles. The first-order chi connectivity index (χ1) is 6.35. The molecule has 1 nitrogen and oxygen atoms in total. The van der Waals surface area contributed by atoms with Gasteiger partial charge in [0.05, 0.1) is 6.10 Å². The summed E-state index contributed by atoms with van der Waals surface area (Å²) in [5.74, 6) is 0. The van der Waals surface area contributed by atoms with Crippen molar-refractivity contribution in [1.82, 2.24) is 0 Å². The van der Waals surface area contributed by atoms with E-state index in [2.05, 4.69) is 26.0 Å². The van der Waals surface area contributed by atoms with E-state index in [1.807, 2.05) is 0 Å². The lowest BCUT2D eigenvalue weighted by molar-refractivity contribution is 0.131. The van der Waals surface area contributed by atoms with Crippen molar-refractivity contribution < 1.29 is 4.74 Å². The second-order valence-electron chi connectivity index (χ2n) is 3.49. The summed E-state index contributed by atoms with van der Waals surface area (Å²) in [7, 11) is 1.80. The van der Waals surface area contributed by atoms with E-state index in [0.29, 0.717) is 6.10 Å². The Balaban J connectivity index is 3.50. The summed E-state index contributed by atoms with van der Waals surface area (Å²) in [4.78, 5) is 0. The molecule has 0 rings (SSSR count). The second kappa shape index (κ2) is 9.79. The fourth-order valence-electron chi connectivity index (χ4n) is 1.27. The number of methoxy groups -OCH3 is 1. The smallest absolute Gasteiger partial charge is 0.0752 e. The highest BCUT2D eigenvalue weighted by Gasteiger charge is 1.99. The fraction of sp³-hybridized carbons (Fsp3) is 0.833. The van der Waals surface area contributed by atoms with Gasteiger partial charge in [0.15, 0.2) is 0 Å². The molecule has 13 heavy (non-hydrogen) atoms. The van der Waals surface area contributed by atoms with Gasteiger partial charge in [0, 0.05) is 7.11 Å². The molecular weight excluding hydrogens is 160 g/mol. The highest BCUT2D eigenvalue weighted by molar-refractivity contribution is 4.89. The highest BCUT2D eigenvalue weighted by atomic mass is 16.5. The zero-order valence-electron chi connectivity index (χ0n) is 9.38. The van der Waals surface area contributed by atoms with Crippen LogP contribution in [0.1, 0.15) is 52.4 Å². The lowest BCUT2D eigenvalue weighted by Gasteiger charge is -2.09. The van der Waals surface area contributed by atoms with Crippen LogP contribution in [0.2, 0.25) is 0 Å². The minimum absolute atomic E-state index is 0.344. The van der Waals surface area contributed by atoms with Crippen LogP contribution in [0.15, 0.2) is 12.2 Å². The van der Waals surface area contributed by atoms with Gasteiger partial charge in [0.1, 0.15) is 0 Å². The minimum Gasteiger partial charge on any atom is -0.377 e. The first-order valence-electron chi connectivity index (χ1n) is 5.54. The van der Waals surface area contributed by atoms with Crippen LogP contribution in [-0.4, -0.2) is 13.2 Å². The van der Waals surface area contributed by atoms with E-state index in [1.54, 1.807) is 7.11 Å². The Bertz CT molecular complexity index is 118. The molecule has 0 saturated heterocycles. The molecule has 78 valence electrons. The predicted octanol–water partition coefficient (Wildman–Crippen LogP) is 3.94. The van der Waals surface area contributed by atoms with Gasteiger partial charge in [-0.05, 0) is 12.8 Å². The zero-order chi connectivity index (χ0) is 9.94. The van der Waals surface area contributed by atoms with Crippen LogP contribution in [0.3, 0.4) is 0 Å². The molecule has 0 spiro atoms. The monoisotopic (exact) mass is 184 g/mol. The average Bonchev–Trinajstić information content (AvgIpc) is 2.17. The van der Waals surface area contributed by atoms with Crippen LogP contribution in [-0.2, 0) is 4.74 Å². The van der Waals surface area contributed by atoms with Gasteiger partial charge in [-0.2, -0.15) is 0 Å². The van der Waals surface area contributed by atoms with Crippen LogP contribution in [0, 0.1) is 0 Å². The fourth-order valence-corrected chi connectivity index (χ4v) is 1.27. The Hall–Kier alpha value is -0.300. The van der Waals surface area contributed by atoms with Crippen LogP contribution in [0.5, 0.6) is 0 Å². The maximum atomic E-state index is 5.35. The van der Waals surface area contributed by atoms with Crippen LogP contribution >= 0.6 is 0 Å². The van der Waals surface area contributed by atoms with Gasteiger partial charge in [0.25, 0.3) is 0 Å². The van der Waals surface area contributed by atoms with Gasteiger partial charge < -0.3 is 4.74 Å². The van der Waals surface area contributed by atoms with Crippen molar-refractivity contribution >= 4 is 0 Å². The Morgan fingerprint density at radius 1 is 1.15 bits per heavy atom. The molecule has 0 bridgehead atoms. The minimum atomic E-state index is 0.344. The Kier molecular flexibility index (Phi) is 9.56. The SMILES string of the molecule is CCCC/C=C/[C@@H](CCCC)OC. The summed E-state index contributed by atoms with van der Waals surface area (Å²) in [6, 6.07) is 0. The number of allylic oxidation sites excluding steroid dienone is 1. The highest BCUT2D eigenvalue weighted by Crippen LogP contribution is 2.06. The normalized spacial score (nSPS) is 13.8. The van der Waals surface area contributed by atoms with Crippen LogP contribution in [0.25, 0.3) is 0 Å².